The zero-order valence-electron chi connectivity index (χ0n) is 14.5. The number of nitrogens with zero attached hydrogens (tertiary/aromatic N) is 1. The number of rotatable bonds is 4. The number of fused-ring (bicyclic) bond motifs is 1. The molecule has 0 saturated heterocycles. The number of hydrogen-bond acceptors (Lipinski definition) is 4. The molecule has 2 heterocycles. The number of aryl methyl sites for hydroxylation is 1. The number of carbonyl (C=O) groups is 1. The molecule has 1 aliphatic heterocycles. The third-order valence-electron chi connectivity index (χ3n) is 4.31. The summed E-state index contributed by atoms with van der Waals surface area (Å²) in [5.41, 5.74) is 3.21. The first-order valence-corrected chi connectivity index (χ1v) is 8.17. The molecule has 0 bridgehead atoms. The smallest absolute Gasteiger partial charge is 0.255 e. The predicted octanol–water partition coefficient (Wildman–Crippen LogP) is 3.10. The van der Waals surface area contributed by atoms with Gasteiger partial charge in [0, 0.05) is 23.7 Å². The highest BCUT2D eigenvalue weighted by molar-refractivity contribution is 5.96. The lowest BCUT2D eigenvalue weighted by atomic mass is 9.98. The van der Waals surface area contributed by atoms with Crippen molar-refractivity contribution >= 4 is 5.91 Å². The second kappa shape index (κ2) is 6.55. The standard InChI is InChI=1S/C18H23N3O3/c1-10(2)17-16(11(3)20-21-17)18(22)19-14-7-8-24-15-9-12(23-4)5-6-13(14)15/h5-6,9-10,14H,7-8H2,1-4H3,(H,19,22)(H,20,21)/t14-/m1/s1. The van der Waals surface area contributed by atoms with Crippen molar-refractivity contribution in [3.8, 4) is 11.5 Å². The average molecular weight is 329 g/mol. The molecular weight excluding hydrogens is 306 g/mol. The summed E-state index contributed by atoms with van der Waals surface area (Å²) < 4.78 is 10.9. The molecule has 1 amide bonds. The lowest BCUT2D eigenvalue weighted by Crippen LogP contribution is -2.33. The molecule has 128 valence electrons. The first-order valence-electron chi connectivity index (χ1n) is 8.17. The Morgan fingerprint density at radius 3 is 2.96 bits per heavy atom. The average Bonchev–Trinajstić information content (AvgIpc) is 2.96. The van der Waals surface area contributed by atoms with Gasteiger partial charge in [-0.05, 0) is 25.0 Å². The fourth-order valence-corrected chi connectivity index (χ4v) is 3.03. The molecule has 0 fully saturated rings. The number of benzene rings is 1. The molecule has 0 spiro atoms. The summed E-state index contributed by atoms with van der Waals surface area (Å²) in [6.07, 6.45) is 0.735. The first-order chi connectivity index (χ1) is 11.5. The molecule has 0 radical (unpaired) electrons. The summed E-state index contributed by atoms with van der Waals surface area (Å²) in [7, 11) is 1.62. The largest absolute Gasteiger partial charge is 0.497 e. The van der Waals surface area contributed by atoms with Crippen LogP contribution in [0.15, 0.2) is 18.2 Å². The maximum absolute atomic E-state index is 12.8. The van der Waals surface area contributed by atoms with Crippen LogP contribution in [0.2, 0.25) is 0 Å². The number of nitrogens with one attached hydrogen (secondary N) is 2. The summed E-state index contributed by atoms with van der Waals surface area (Å²) in [4.78, 5) is 12.8. The van der Waals surface area contributed by atoms with Gasteiger partial charge >= 0.3 is 0 Å². The minimum Gasteiger partial charge on any atom is -0.497 e. The fraction of sp³-hybridized carbons (Fsp3) is 0.444. The second-order valence-electron chi connectivity index (χ2n) is 6.33. The van der Waals surface area contributed by atoms with Crippen molar-refractivity contribution in [2.45, 2.75) is 39.2 Å². The molecule has 0 saturated carbocycles. The number of aromatic nitrogens is 2. The Morgan fingerprint density at radius 2 is 2.25 bits per heavy atom. The van der Waals surface area contributed by atoms with E-state index in [0.717, 1.165) is 34.9 Å². The number of methoxy groups -OCH3 is 1. The van der Waals surface area contributed by atoms with Crippen LogP contribution in [0.25, 0.3) is 0 Å². The van der Waals surface area contributed by atoms with Crippen LogP contribution in [0.1, 0.15) is 59.5 Å². The zero-order valence-corrected chi connectivity index (χ0v) is 14.5. The van der Waals surface area contributed by atoms with Gasteiger partial charge in [-0.15, -0.1) is 0 Å². The van der Waals surface area contributed by atoms with Crippen LogP contribution in [0.5, 0.6) is 11.5 Å². The van der Waals surface area contributed by atoms with Crippen molar-refractivity contribution in [3.63, 3.8) is 0 Å². The summed E-state index contributed by atoms with van der Waals surface area (Å²) >= 11 is 0. The van der Waals surface area contributed by atoms with Gasteiger partial charge < -0.3 is 14.8 Å². The van der Waals surface area contributed by atoms with Gasteiger partial charge in [0.1, 0.15) is 11.5 Å². The fourth-order valence-electron chi connectivity index (χ4n) is 3.03. The summed E-state index contributed by atoms with van der Waals surface area (Å²) in [5, 5.41) is 10.3. The van der Waals surface area contributed by atoms with Gasteiger partial charge in [0.2, 0.25) is 0 Å². The van der Waals surface area contributed by atoms with Crippen LogP contribution in [0.4, 0.5) is 0 Å². The highest BCUT2D eigenvalue weighted by atomic mass is 16.5. The molecule has 2 N–H and O–H groups in total. The zero-order chi connectivity index (χ0) is 17.3. The highest BCUT2D eigenvalue weighted by Gasteiger charge is 2.27. The minimum atomic E-state index is -0.0985. The quantitative estimate of drug-likeness (QED) is 0.904. The molecule has 1 aromatic heterocycles. The van der Waals surface area contributed by atoms with Crippen LogP contribution < -0.4 is 14.8 Å². The van der Waals surface area contributed by atoms with Crippen LogP contribution in [0.3, 0.4) is 0 Å². The van der Waals surface area contributed by atoms with Gasteiger partial charge in [0.05, 0.1) is 31.0 Å². The molecule has 1 atom stereocenters. The normalized spacial score (nSPS) is 16.5. The molecule has 0 unspecified atom stereocenters. The van der Waals surface area contributed by atoms with Gasteiger partial charge in [-0.1, -0.05) is 13.8 Å². The van der Waals surface area contributed by atoms with Gasteiger partial charge in [0.15, 0.2) is 0 Å². The van der Waals surface area contributed by atoms with E-state index in [9.17, 15) is 4.79 Å². The molecule has 2 aromatic rings. The number of H-pyrrole nitrogens is 1. The van der Waals surface area contributed by atoms with E-state index in [4.69, 9.17) is 9.47 Å². The van der Waals surface area contributed by atoms with Crippen LogP contribution in [-0.4, -0.2) is 29.8 Å². The molecular formula is C18H23N3O3. The molecule has 3 rings (SSSR count). The maximum atomic E-state index is 12.8. The molecule has 6 nitrogen and oxygen atoms in total. The van der Waals surface area contributed by atoms with Gasteiger partial charge in [-0.2, -0.15) is 5.10 Å². The number of ether oxygens (including phenoxy) is 2. The third kappa shape index (κ3) is 2.96. The number of amides is 1. The summed E-state index contributed by atoms with van der Waals surface area (Å²) in [5.74, 6) is 1.59. The van der Waals surface area contributed by atoms with E-state index in [0.29, 0.717) is 12.2 Å². The van der Waals surface area contributed by atoms with Crippen molar-refractivity contribution in [2.75, 3.05) is 13.7 Å². The van der Waals surface area contributed by atoms with Crippen molar-refractivity contribution in [2.24, 2.45) is 0 Å². The Bertz CT molecular complexity index is 752. The Labute approximate surface area is 141 Å². The molecule has 24 heavy (non-hydrogen) atoms. The minimum absolute atomic E-state index is 0.0820. The number of aromatic amines is 1. The van der Waals surface area contributed by atoms with E-state index in [1.54, 1.807) is 7.11 Å². The SMILES string of the molecule is COc1ccc2c(c1)OCC[C@H]2NC(=O)c1c(C(C)C)n[nH]c1C. The van der Waals surface area contributed by atoms with E-state index < -0.39 is 0 Å². The van der Waals surface area contributed by atoms with E-state index in [1.165, 1.54) is 0 Å². The summed E-state index contributed by atoms with van der Waals surface area (Å²) in [6.45, 7) is 6.49. The monoisotopic (exact) mass is 329 g/mol. The van der Waals surface area contributed by atoms with Crippen molar-refractivity contribution in [1.29, 1.82) is 0 Å². The van der Waals surface area contributed by atoms with Crippen LogP contribution >= 0.6 is 0 Å². The van der Waals surface area contributed by atoms with Crippen LogP contribution in [-0.2, 0) is 0 Å². The molecule has 1 aliphatic rings. The number of hydrogen-bond donors (Lipinski definition) is 2. The Morgan fingerprint density at radius 1 is 1.46 bits per heavy atom. The van der Waals surface area contributed by atoms with Gasteiger partial charge in [-0.25, -0.2) is 0 Å². The summed E-state index contributed by atoms with van der Waals surface area (Å²) in [6, 6.07) is 5.61. The van der Waals surface area contributed by atoms with Crippen molar-refractivity contribution < 1.29 is 14.3 Å². The predicted molar refractivity (Wildman–Crippen MR) is 90.7 cm³/mol. The number of carbonyl (C=O) groups excluding carboxylic acids is 1. The van der Waals surface area contributed by atoms with Gasteiger partial charge in [-0.3, -0.25) is 9.89 Å². The lowest BCUT2D eigenvalue weighted by molar-refractivity contribution is 0.0923. The van der Waals surface area contributed by atoms with E-state index >= 15 is 0 Å². The van der Waals surface area contributed by atoms with Crippen molar-refractivity contribution in [1.82, 2.24) is 15.5 Å². The Hall–Kier alpha value is -2.50. The topological polar surface area (TPSA) is 76.2 Å². The van der Waals surface area contributed by atoms with E-state index in [2.05, 4.69) is 15.5 Å². The van der Waals surface area contributed by atoms with E-state index in [-0.39, 0.29) is 17.9 Å². The second-order valence-corrected chi connectivity index (χ2v) is 6.33. The lowest BCUT2D eigenvalue weighted by Gasteiger charge is -2.27. The Kier molecular flexibility index (Phi) is 4.46. The molecule has 1 aromatic carbocycles. The molecule has 6 heteroatoms. The Balaban J connectivity index is 1.86. The highest BCUT2D eigenvalue weighted by Crippen LogP contribution is 2.35. The molecule has 0 aliphatic carbocycles. The van der Waals surface area contributed by atoms with Gasteiger partial charge in [0.25, 0.3) is 5.91 Å². The van der Waals surface area contributed by atoms with E-state index in [1.807, 2.05) is 39.0 Å². The third-order valence-corrected chi connectivity index (χ3v) is 4.31. The first kappa shape index (κ1) is 16.4. The maximum Gasteiger partial charge on any atom is 0.255 e. The van der Waals surface area contributed by atoms with Crippen LogP contribution in [0, 0.1) is 6.92 Å². The van der Waals surface area contributed by atoms with Crippen molar-refractivity contribution in [3.05, 3.63) is 40.7 Å².